The van der Waals surface area contributed by atoms with Crippen molar-refractivity contribution in [1.29, 1.82) is 0 Å². The largest absolute Gasteiger partial charge is 0.480 e. The van der Waals surface area contributed by atoms with E-state index in [1.54, 1.807) is 24.4 Å². The molecule has 0 aliphatic rings. The number of carboxylic acid groups (broad SMARTS) is 1. The minimum absolute atomic E-state index is 0.547. The minimum Gasteiger partial charge on any atom is -0.480 e. The lowest BCUT2D eigenvalue weighted by Crippen LogP contribution is -2.15. The van der Waals surface area contributed by atoms with Crippen molar-refractivity contribution in [3.63, 3.8) is 0 Å². The summed E-state index contributed by atoms with van der Waals surface area (Å²) in [6.07, 6.45) is 1.61. The van der Waals surface area contributed by atoms with E-state index in [0.717, 1.165) is 15.6 Å². The number of nitrogens with zero attached hydrogens (tertiary/aromatic N) is 1. The summed E-state index contributed by atoms with van der Waals surface area (Å²) in [6, 6.07) is 10.9. The molecule has 2 rings (SSSR count). The van der Waals surface area contributed by atoms with Crippen LogP contribution in [0.4, 0.5) is 0 Å². The molecular weight excluding hydrogens is 294 g/mol. The molecule has 92 valence electrons. The van der Waals surface area contributed by atoms with Crippen molar-refractivity contribution in [3.05, 3.63) is 63.9 Å². The van der Waals surface area contributed by atoms with Crippen LogP contribution in [-0.4, -0.2) is 16.1 Å². The van der Waals surface area contributed by atoms with Crippen LogP contribution in [-0.2, 0) is 4.79 Å². The molecule has 1 heterocycles. The average Bonchev–Trinajstić information content (AvgIpc) is 2.35. The van der Waals surface area contributed by atoms with Crippen LogP contribution in [0, 0.1) is 6.92 Å². The number of benzene rings is 1. The quantitative estimate of drug-likeness (QED) is 0.946. The third-order valence-corrected chi connectivity index (χ3v) is 3.28. The molecule has 4 heteroatoms. The number of aliphatic carboxylic acids is 1. The van der Waals surface area contributed by atoms with E-state index >= 15 is 0 Å². The maximum atomic E-state index is 11.5. The van der Waals surface area contributed by atoms with Crippen molar-refractivity contribution >= 4 is 21.9 Å². The Morgan fingerprint density at radius 3 is 2.72 bits per heavy atom. The van der Waals surface area contributed by atoms with E-state index in [4.69, 9.17) is 0 Å². The fourth-order valence-electron chi connectivity index (χ4n) is 1.89. The molecule has 0 spiro atoms. The smallest absolute Gasteiger partial charge is 0.317 e. The Hall–Kier alpha value is -1.68. The summed E-state index contributed by atoms with van der Waals surface area (Å²) in [4.78, 5) is 15.7. The van der Waals surface area contributed by atoms with Crippen LogP contribution in [0.1, 0.15) is 22.7 Å². The standard InChI is InChI=1S/C14H12BrNO2/c1-9-5-6-10(15)8-11(9)13(14(17)18)12-4-2-3-7-16-12/h2-8,13H,1H3,(H,17,18). The Morgan fingerprint density at radius 2 is 2.11 bits per heavy atom. The molecule has 0 amide bonds. The van der Waals surface area contributed by atoms with E-state index in [2.05, 4.69) is 20.9 Å². The van der Waals surface area contributed by atoms with Crippen LogP contribution in [0.5, 0.6) is 0 Å². The van der Waals surface area contributed by atoms with Crippen molar-refractivity contribution in [1.82, 2.24) is 4.98 Å². The normalized spacial score (nSPS) is 12.1. The van der Waals surface area contributed by atoms with Gasteiger partial charge in [0.1, 0.15) is 5.92 Å². The summed E-state index contributed by atoms with van der Waals surface area (Å²) in [5, 5.41) is 9.44. The van der Waals surface area contributed by atoms with Gasteiger partial charge in [0.05, 0.1) is 5.69 Å². The molecule has 0 saturated carbocycles. The monoisotopic (exact) mass is 305 g/mol. The fourth-order valence-corrected chi connectivity index (χ4v) is 2.27. The summed E-state index contributed by atoms with van der Waals surface area (Å²) in [5.41, 5.74) is 2.25. The highest BCUT2D eigenvalue weighted by Crippen LogP contribution is 2.28. The Labute approximate surface area is 114 Å². The molecule has 1 atom stereocenters. The van der Waals surface area contributed by atoms with Gasteiger partial charge in [-0.15, -0.1) is 0 Å². The van der Waals surface area contributed by atoms with Gasteiger partial charge < -0.3 is 5.11 Å². The fraction of sp³-hybridized carbons (Fsp3) is 0.143. The number of carboxylic acids is 1. The molecule has 0 bridgehead atoms. The molecular formula is C14H12BrNO2. The van der Waals surface area contributed by atoms with Gasteiger partial charge in [-0.2, -0.15) is 0 Å². The van der Waals surface area contributed by atoms with Crippen molar-refractivity contribution in [3.8, 4) is 0 Å². The zero-order valence-electron chi connectivity index (χ0n) is 9.80. The maximum absolute atomic E-state index is 11.5. The predicted octanol–water partition coefficient (Wildman–Crippen LogP) is 3.37. The molecule has 1 N–H and O–H groups in total. The Morgan fingerprint density at radius 1 is 1.33 bits per heavy atom. The molecule has 0 aliphatic heterocycles. The van der Waals surface area contributed by atoms with Crippen LogP contribution >= 0.6 is 15.9 Å². The number of hydrogen-bond acceptors (Lipinski definition) is 2. The number of carbonyl (C=O) groups is 1. The third kappa shape index (κ3) is 2.59. The van der Waals surface area contributed by atoms with E-state index in [9.17, 15) is 9.90 Å². The Kier molecular flexibility index (Phi) is 3.77. The molecule has 0 fully saturated rings. The zero-order valence-corrected chi connectivity index (χ0v) is 11.4. The summed E-state index contributed by atoms with van der Waals surface area (Å²) < 4.78 is 0.866. The number of halogens is 1. The topological polar surface area (TPSA) is 50.2 Å². The van der Waals surface area contributed by atoms with Gasteiger partial charge in [0.25, 0.3) is 0 Å². The third-order valence-electron chi connectivity index (χ3n) is 2.78. The molecule has 1 unspecified atom stereocenters. The van der Waals surface area contributed by atoms with E-state index < -0.39 is 11.9 Å². The SMILES string of the molecule is Cc1ccc(Br)cc1C(C(=O)O)c1ccccn1. The second-order valence-corrected chi connectivity index (χ2v) is 4.94. The Balaban J connectivity index is 2.55. The lowest BCUT2D eigenvalue weighted by atomic mass is 9.92. The van der Waals surface area contributed by atoms with E-state index in [0.29, 0.717) is 5.69 Å². The summed E-state index contributed by atoms with van der Waals surface area (Å²) in [5.74, 6) is -1.63. The van der Waals surface area contributed by atoms with Crippen LogP contribution in [0.3, 0.4) is 0 Å². The van der Waals surface area contributed by atoms with Crippen molar-refractivity contribution in [2.24, 2.45) is 0 Å². The molecule has 1 aromatic carbocycles. The first kappa shape index (κ1) is 12.8. The summed E-state index contributed by atoms with van der Waals surface area (Å²) in [6.45, 7) is 1.90. The molecule has 18 heavy (non-hydrogen) atoms. The number of aromatic nitrogens is 1. The highest BCUT2D eigenvalue weighted by molar-refractivity contribution is 9.10. The van der Waals surface area contributed by atoms with Gasteiger partial charge in [-0.25, -0.2) is 0 Å². The van der Waals surface area contributed by atoms with Crippen LogP contribution in [0.15, 0.2) is 47.1 Å². The summed E-state index contributed by atoms with van der Waals surface area (Å²) in [7, 11) is 0. The van der Waals surface area contributed by atoms with Crippen molar-refractivity contribution in [2.75, 3.05) is 0 Å². The lowest BCUT2D eigenvalue weighted by molar-refractivity contribution is -0.137. The highest BCUT2D eigenvalue weighted by Gasteiger charge is 2.24. The van der Waals surface area contributed by atoms with Gasteiger partial charge >= 0.3 is 5.97 Å². The molecule has 0 saturated heterocycles. The first-order valence-electron chi connectivity index (χ1n) is 5.49. The maximum Gasteiger partial charge on any atom is 0.317 e. The molecule has 1 aromatic heterocycles. The molecule has 2 aromatic rings. The van der Waals surface area contributed by atoms with E-state index in [1.807, 2.05) is 25.1 Å². The Bertz CT molecular complexity index is 569. The van der Waals surface area contributed by atoms with Crippen LogP contribution in [0.2, 0.25) is 0 Å². The second kappa shape index (κ2) is 5.31. The van der Waals surface area contributed by atoms with Gasteiger partial charge in [-0.1, -0.05) is 28.1 Å². The number of rotatable bonds is 3. The first-order chi connectivity index (χ1) is 8.59. The van der Waals surface area contributed by atoms with Crippen molar-refractivity contribution in [2.45, 2.75) is 12.8 Å². The number of aryl methyl sites for hydroxylation is 1. The molecule has 0 aliphatic carbocycles. The van der Waals surface area contributed by atoms with Gasteiger partial charge in [0.2, 0.25) is 0 Å². The summed E-state index contributed by atoms with van der Waals surface area (Å²) >= 11 is 3.37. The average molecular weight is 306 g/mol. The highest BCUT2D eigenvalue weighted by atomic mass is 79.9. The zero-order chi connectivity index (χ0) is 13.1. The van der Waals surface area contributed by atoms with Crippen LogP contribution in [0.25, 0.3) is 0 Å². The predicted molar refractivity (Wildman–Crippen MR) is 72.6 cm³/mol. The number of hydrogen-bond donors (Lipinski definition) is 1. The second-order valence-electron chi connectivity index (χ2n) is 4.03. The van der Waals surface area contributed by atoms with Gasteiger partial charge in [0.15, 0.2) is 0 Å². The first-order valence-corrected chi connectivity index (χ1v) is 6.28. The van der Waals surface area contributed by atoms with Crippen LogP contribution < -0.4 is 0 Å². The van der Waals surface area contributed by atoms with Gasteiger partial charge in [0, 0.05) is 10.7 Å². The van der Waals surface area contributed by atoms with Crippen molar-refractivity contribution < 1.29 is 9.90 Å². The minimum atomic E-state index is -0.894. The van der Waals surface area contributed by atoms with E-state index in [-0.39, 0.29) is 0 Å². The van der Waals surface area contributed by atoms with Gasteiger partial charge in [-0.05, 0) is 42.3 Å². The van der Waals surface area contributed by atoms with Gasteiger partial charge in [-0.3, -0.25) is 9.78 Å². The number of pyridine rings is 1. The molecule has 0 radical (unpaired) electrons. The molecule has 3 nitrogen and oxygen atoms in total. The lowest BCUT2D eigenvalue weighted by Gasteiger charge is -2.15. The van der Waals surface area contributed by atoms with E-state index in [1.165, 1.54) is 0 Å².